The van der Waals surface area contributed by atoms with E-state index in [1.807, 2.05) is 146 Å². The average molecular weight is 780 g/mol. The fraction of sp³-hybridized carbons (Fsp3) is 0.130. The molecule has 0 amide bonds. The molecule has 0 aliphatic carbocycles. The lowest BCUT2D eigenvalue weighted by Gasteiger charge is -2.39. The number of benzene rings is 6. The van der Waals surface area contributed by atoms with Crippen LogP contribution < -0.4 is 18.9 Å². The van der Waals surface area contributed by atoms with E-state index in [2.05, 4.69) is 0 Å². The molecule has 0 saturated carbocycles. The van der Waals surface area contributed by atoms with E-state index in [1.165, 1.54) is 0 Å². The molecular weight excluding hydrogens is 743 g/mol. The lowest BCUT2D eigenvalue weighted by atomic mass is 9.82. The van der Waals surface area contributed by atoms with Gasteiger partial charge in [-0.3, -0.25) is 0 Å². The van der Waals surface area contributed by atoms with Crippen LogP contribution in [0.4, 0.5) is 0 Å². The van der Waals surface area contributed by atoms with Crippen LogP contribution in [-0.4, -0.2) is 51.3 Å². The third kappa shape index (κ3) is 6.30. The van der Waals surface area contributed by atoms with Crippen LogP contribution in [0.1, 0.15) is 33.4 Å². The predicted octanol–water partition coefficient (Wildman–Crippen LogP) is 10.0. The van der Waals surface area contributed by atoms with Crippen molar-refractivity contribution in [3.05, 3.63) is 189 Å². The van der Waals surface area contributed by atoms with Gasteiger partial charge in [0.25, 0.3) is 0 Å². The van der Waals surface area contributed by atoms with E-state index < -0.39 is 11.3 Å². The van der Waals surface area contributed by atoms with Gasteiger partial charge in [0.2, 0.25) is 11.3 Å². The minimum atomic E-state index is -1.67. The molecule has 6 aromatic carbocycles. The third-order valence-corrected chi connectivity index (χ3v) is 10.6. The molecule has 278 valence electrons. The van der Waals surface area contributed by atoms with Gasteiger partial charge in [-0.15, -0.1) is 0 Å². The second-order valence-electron chi connectivity index (χ2n) is 13.1. The number of halogens is 2. The van der Waals surface area contributed by atoms with Gasteiger partial charge < -0.3 is 18.9 Å². The molecule has 0 spiro atoms. The molecule has 2 aliphatic heterocycles. The lowest BCUT2D eigenvalue weighted by Crippen LogP contribution is -2.43. The van der Waals surface area contributed by atoms with Gasteiger partial charge in [-0.1, -0.05) is 108 Å². The third-order valence-electron chi connectivity index (χ3n) is 9.90. The highest BCUT2D eigenvalue weighted by Gasteiger charge is 2.61. The smallest absolute Gasteiger partial charge is 0.227 e. The summed E-state index contributed by atoms with van der Waals surface area (Å²) in [5.41, 5.74) is 3.17. The van der Waals surface area contributed by atoms with Crippen LogP contribution in [0, 0.1) is 0 Å². The van der Waals surface area contributed by atoms with Crippen LogP contribution >= 0.6 is 23.2 Å². The normalized spacial score (nSPS) is 15.3. The molecule has 0 radical (unpaired) electrons. The number of nitrogens with zero attached hydrogens (tertiary/aromatic N) is 4. The Morgan fingerprint density at radius 2 is 0.625 bits per heavy atom. The van der Waals surface area contributed by atoms with E-state index in [1.54, 1.807) is 28.4 Å². The van der Waals surface area contributed by atoms with Crippen molar-refractivity contribution >= 4 is 46.0 Å². The van der Waals surface area contributed by atoms with Crippen molar-refractivity contribution in [1.82, 2.24) is 0 Å². The maximum absolute atomic E-state index is 7.29. The first-order chi connectivity index (χ1) is 27.3. The summed E-state index contributed by atoms with van der Waals surface area (Å²) in [4.78, 5) is 22.9. The number of rotatable bonds is 11. The molecule has 8 nitrogen and oxygen atoms in total. The van der Waals surface area contributed by atoms with Crippen molar-refractivity contribution in [2.75, 3.05) is 28.4 Å². The Morgan fingerprint density at radius 1 is 0.357 bits per heavy atom. The zero-order valence-corrected chi connectivity index (χ0v) is 32.5. The summed E-state index contributed by atoms with van der Waals surface area (Å²) in [5, 5.41) is 0.845. The number of ether oxygens (including phenoxy) is 4. The van der Waals surface area contributed by atoms with Crippen molar-refractivity contribution in [3.8, 4) is 23.0 Å². The Balaban J connectivity index is 1.56. The summed E-state index contributed by atoms with van der Waals surface area (Å²) in [6.07, 6.45) is 0. The number of aliphatic imine (C=N–C) groups is 4. The highest BCUT2D eigenvalue weighted by Crippen LogP contribution is 2.57. The summed E-state index contributed by atoms with van der Waals surface area (Å²) < 4.78 is 22.8. The molecule has 8 rings (SSSR count). The van der Waals surface area contributed by atoms with Gasteiger partial charge in [-0.25, -0.2) is 20.0 Å². The quantitative estimate of drug-likeness (QED) is 0.131. The summed E-state index contributed by atoms with van der Waals surface area (Å²) in [6, 6.07) is 46.0. The minimum Gasteiger partial charge on any atom is -0.497 e. The molecule has 2 aliphatic rings. The monoisotopic (exact) mass is 778 g/mol. The van der Waals surface area contributed by atoms with Crippen LogP contribution in [0.15, 0.2) is 166 Å². The summed E-state index contributed by atoms with van der Waals surface area (Å²) >= 11 is 14.6. The van der Waals surface area contributed by atoms with Gasteiger partial charge in [0, 0.05) is 43.4 Å². The van der Waals surface area contributed by atoms with E-state index in [0.717, 1.165) is 22.3 Å². The maximum Gasteiger partial charge on any atom is 0.227 e. The molecule has 0 saturated heterocycles. The van der Waals surface area contributed by atoms with Gasteiger partial charge >= 0.3 is 0 Å². The number of hydrogen-bond acceptors (Lipinski definition) is 8. The van der Waals surface area contributed by atoms with Gasteiger partial charge in [0.1, 0.15) is 23.0 Å². The summed E-state index contributed by atoms with van der Waals surface area (Å²) in [6.45, 7) is 0. The second-order valence-corrected chi connectivity index (χ2v) is 13.9. The van der Waals surface area contributed by atoms with Crippen LogP contribution in [0.3, 0.4) is 0 Å². The van der Waals surface area contributed by atoms with Gasteiger partial charge in [-0.2, -0.15) is 0 Å². The largest absolute Gasteiger partial charge is 0.497 e. The Hall–Kier alpha value is -6.22. The average Bonchev–Trinajstić information content (AvgIpc) is 3.87. The fourth-order valence-corrected chi connectivity index (χ4v) is 7.75. The first-order valence-electron chi connectivity index (χ1n) is 17.8. The van der Waals surface area contributed by atoms with Gasteiger partial charge in [-0.05, 0) is 60.7 Å². The summed E-state index contributed by atoms with van der Waals surface area (Å²) in [7, 11) is 6.54. The van der Waals surface area contributed by atoms with E-state index in [-0.39, 0.29) is 0 Å². The topological polar surface area (TPSA) is 86.4 Å². The highest BCUT2D eigenvalue weighted by atomic mass is 35.5. The van der Waals surface area contributed by atoms with E-state index >= 15 is 0 Å². The molecular formula is C46H36Cl2N4O4. The molecule has 0 fully saturated rings. The first kappa shape index (κ1) is 36.7. The Morgan fingerprint density at radius 3 is 0.875 bits per heavy atom. The van der Waals surface area contributed by atoms with Gasteiger partial charge in [0.05, 0.1) is 51.3 Å². The fourth-order valence-electron chi connectivity index (χ4n) is 7.21. The number of hydrogen-bond donors (Lipinski definition) is 0. The van der Waals surface area contributed by atoms with Crippen molar-refractivity contribution < 1.29 is 18.9 Å². The van der Waals surface area contributed by atoms with Gasteiger partial charge in [0.15, 0.2) is 0 Å². The Labute approximate surface area is 335 Å². The zero-order chi connectivity index (χ0) is 38.9. The molecule has 0 bridgehead atoms. The molecule has 6 aromatic rings. The minimum absolute atomic E-state index is 0.423. The van der Waals surface area contributed by atoms with Crippen molar-refractivity contribution in [2.24, 2.45) is 20.0 Å². The second kappa shape index (κ2) is 15.1. The van der Waals surface area contributed by atoms with E-state index in [4.69, 9.17) is 62.1 Å². The molecule has 56 heavy (non-hydrogen) atoms. The zero-order valence-electron chi connectivity index (χ0n) is 31.0. The van der Waals surface area contributed by atoms with Crippen molar-refractivity contribution in [3.63, 3.8) is 0 Å². The van der Waals surface area contributed by atoms with Crippen LogP contribution in [0.2, 0.25) is 10.0 Å². The first-order valence-corrected chi connectivity index (χ1v) is 18.6. The predicted molar refractivity (Wildman–Crippen MR) is 224 cm³/mol. The molecule has 0 N–H and O–H groups in total. The standard InChI is InChI=1S/C46H36Cl2N4O4/c1-53-33-17-9-13-29(25-33)41-42(30-14-10-18-34(26-30)54-2)50-45(49-41,37-21-5-7-23-39(37)47)46(38-22-6-8-24-40(38)48)51-43(31-15-11-19-35(27-31)55-3)44(52-46)32-16-12-20-36(28-32)56-4/h5-28H,1-4H3. The molecule has 2 heterocycles. The van der Waals surface area contributed by atoms with Crippen LogP contribution in [0.25, 0.3) is 0 Å². The highest BCUT2D eigenvalue weighted by molar-refractivity contribution is 6.56. The molecule has 10 heteroatoms. The molecule has 0 aromatic heterocycles. The molecule has 0 unspecified atom stereocenters. The van der Waals surface area contributed by atoms with E-state index in [9.17, 15) is 0 Å². The lowest BCUT2D eigenvalue weighted by molar-refractivity contribution is 0.257. The Kier molecular flexibility index (Phi) is 9.93. The Bertz CT molecular complexity index is 2290. The van der Waals surface area contributed by atoms with Crippen molar-refractivity contribution in [1.29, 1.82) is 0 Å². The molecule has 0 atom stereocenters. The van der Waals surface area contributed by atoms with E-state index in [0.29, 0.717) is 67.0 Å². The van der Waals surface area contributed by atoms with Crippen molar-refractivity contribution in [2.45, 2.75) is 11.3 Å². The SMILES string of the molecule is COc1cccc(C2=NC(c3ccccc3Cl)(C3(c4ccccc4Cl)N=C(c4cccc(OC)c4)C(c4cccc(OC)c4)=N3)N=C2c2cccc(OC)c2)c1. The number of methoxy groups -OCH3 is 4. The van der Waals surface area contributed by atoms with Crippen LogP contribution in [-0.2, 0) is 11.3 Å². The maximum atomic E-state index is 7.29. The summed E-state index contributed by atoms with van der Waals surface area (Å²) in [5.74, 6) is 2.63. The van der Waals surface area contributed by atoms with Crippen LogP contribution in [0.5, 0.6) is 23.0 Å².